The minimum Gasteiger partial charge on any atom is -0.398 e. The summed E-state index contributed by atoms with van der Waals surface area (Å²) in [7, 11) is -3.48. The molecule has 0 aliphatic carbocycles. The summed E-state index contributed by atoms with van der Waals surface area (Å²) in [4.78, 5) is 0.191. The van der Waals surface area contributed by atoms with Crippen LogP contribution in [0.4, 0.5) is 5.69 Å². The van der Waals surface area contributed by atoms with E-state index in [0.717, 1.165) is 5.75 Å². The zero-order valence-electron chi connectivity index (χ0n) is 9.36. The van der Waals surface area contributed by atoms with Crippen LogP contribution in [0.1, 0.15) is 5.56 Å². The van der Waals surface area contributed by atoms with E-state index in [1.807, 2.05) is 6.26 Å². The van der Waals surface area contributed by atoms with E-state index >= 15 is 0 Å². The van der Waals surface area contributed by atoms with Crippen LogP contribution in [-0.4, -0.2) is 27.0 Å². The first-order valence-corrected chi connectivity index (χ1v) is 7.70. The first kappa shape index (κ1) is 13.3. The van der Waals surface area contributed by atoms with Gasteiger partial charge in [-0.2, -0.15) is 11.8 Å². The standard InChI is InChI=1S/C10H16N2O2S2/c1-8-4-3-5-9(11)10(8)16(13,14)12-6-7-15-2/h3-5,12H,6-7,11H2,1-2H3. The molecule has 0 saturated heterocycles. The number of sulfonamides is 1. The first-order valence-electron chi connectivity index (χ1n) is 4.82. The van der Waals surface area contributed by atoms with E-state index in [-0.39, 0.29) is 10.6 Å². The molecule has 0 aliphatic heterocycles. The van der Waals surface area contributed by atoms with Gasteiger partial charge in [0.25, 0.3) is 0 Å². The van der Waals surface area contributed by atoms with E-state index in [1.165, 1.54) is 0 Å². The zero-order valence-corrected chi connectivity index (χ0v) is 11.0. The van der Waals surface area contributed by atoms with Crippen molar-refractivity contribution in [1.82, 2.24) is 4.72 Å². The number of nitrogens with two attached hydrogens (primary N) is 1. The van der Waals surface area contributed by atoms with E-state index < -0.39 is 10.0 Å². The SMILES string of the molecule is CSCCNS(=O)(=O)c1c(C)cccc1N. The Balaban J connectivity index is 2.98. The van der Waals surface area contributed by atoms with Crippen molar-refractivity contribution in [2.45, 2.75) is 11.8 Å². The molecule has 0 atom stereocenters. The topological polar surface area (TPSA) is 72.2 Å². The second kappa shape index (κ2) is 5.56. The van der Waals surface area contributed by atoms with Crippen LogP contribution in [0.5, 0.6) is 0 Å². The number of aryl methyl sites for hydroxylation is 1. The molecule has 6 heteroatoms. The van der Waals surface area contributed by atoms with E-state index in [4.69, 9.17) is 5.73 Å². The number of nitrogens with one attached hydrogen (secondary N) is 1. The number of benzene rings is 1. The highest BCUT2D eigenvalue weighted by atomic mass is 32.2. The Hall–Kier alpha value is -0.720. The number of hydrogen-bond acceptors (Lipinski definition) is 4. The van der Waals surface area contributed by atoms with Crippen LogP contribution >= 0.6 is 11.8 Å². The van der Waals surface area contributed by atoms with Crippen LogP contribution in [-0.2, 0) is 10.0 Å². The summed E-state index contributed by atoms with van der Waals surface area (Å²) in [5.74, 6) is 0.741. The molecule has 0 aromatic heterocycles. The van der Waals surface area contributed by atoms with Crippen molar-refractivity contribution in [1.29, 1.82) is 0 Å². The van der Waals surface area contributed by atoms with Gasteiger partial charge in [0.2, 0.25) is 10.0 Å². The summed E-state index contributed by atoms with van der Waals surface area (Å²) in [5, 5.41) is 0. The van der Waals surface area contributed by atoms with Crippen molar-refractivity contribution in [2.24, 2.45) is 0 Å². The lowest BCUT2D eigenvalue weighted by molar-refractivity contribution is 0.584. The fourth-order valence-corrected chi connectivity index (χ4v) is 3.21. The third-order valence-corrected chi connectivity index (χ3v) is 4.40. The minimum absolute atomic E-state index is 0.191. The third-order valence-electron chi connectivity index (χ3n) is 2.11. The van der Waals surface area contributed by atoms with Crippen LogP contribution in [0.3, 0.4) is 0 Å². The Morgan fingerprint density at radius 1 is 1.44 bits per heavy atom. The Bertz CT molecular complexity index is 438. The molecule has 16 heavy (non-hydrogen) atoms. The molecule has 0 amide bonds. The van der Waals surface area contributed by atoms with Crippen molar-refractivity contribution < 1.29 is 8.42 Å². The average Bonchev–Trinajstić information content (AvgIpc) is 2.17. The van der Waals surface area contributed by atoms with E-state index in [2.05, 4.69) is 4.72 Å². The lowest BCUT2D eigenvalue weighted by atomic mass is 10.2. The number of anilines is 1. The molecule has 0 fully saturated rings. The Labute approximate surface area is 101 Å². The number of nitrogen functional groups attached to an aromatic ring is 1. The van der Waals surface area contributed by atoms with Crippen LogP contribution in [0, 0.1) is 6.92 Å². The second-order valence-electron chi connectivity index (χ2n) is 3.38. The monoisotopic (exact) mass is 260 g/mol. The van der Waals surface area contributed by atoms with Gasteiger partial charge in [-0.05, 0) is 24.8 Å². The van der Waals surface area contributed by atoms with Gasteiger partial charge in [0.15, 0.2) is 0 Å². The van der Waals surface area contributed by atoms with E-state index in [0.29, 0.717) is 12.1 Å². The maximum atomic E-state index is 11.9. The average molecular weight is 260 g/mol. The lowest BCUT2D eigenvalue weighted by Crippen LogP contribution is -2.27. The molecule has 0 unspecified atom stereocenters. The molecular formula is C10H16N2O2S2. The maximum Gasteiger partial charge on any atom is 0.242 e. The smallest absolute Gasteiger partial charge is 0.242 e. The minimum atomic E-state index is -3.48. The summed E-state index contributed by atoms with van der Waals surface area (Å²) >= 11 is 1.59. The van der Waals surface area contributed by atoms with Crippen LogP contribution < -0.4 is 10.5 Å². The van der Waals surface area contributed by atoms with Gasteiger partial charge in [-0.1, -0.05) is 12.1 Å². The molecule has 90 valence electrons. The zero-order chi connectivity index (χ0) is 12.2. The second-order valence-corrected chi connectivity index (χ2v) is 6.07. The summed E-state index contributed by atoms with van der Waals surface area (Å²) in [6, 6.07) is 5.07. The number of hydrogen-bond donors (Lipinski definition) is 2. The highest BCUT2D eigenvalue weighted by Gasteiger charge is 2.18. The van der Waals surface area contributed by atoms with Crippen molar-refractivity contribution in [3.8, 4) is 0 Å². The van der Waals surface area contributed by atoms with Crippen molar-refractivity contribution in [2.75, 3.05) is 24.3 Å². The van der Waals surface area contributed by atoms with E-state index in [9.17, 15) is 8.42 Å². The van der Waals surface area contributed by atoms with Gasteiger partial charge < -0.3 is 5.73 Å². The Morgan fingerprint density at radius 3 is 2.69 bits per heavy atom. The van der Waals surface area contributed by atoms with Crippen molar-refractivity contribution in [3.63, 3.8) is 0 Å². The molecule has 1 aromatic carbocycles. The van der Waals surface area contributed by atoms with Crippen LogP contribution in [0.25, 0.3) is 0 Å². The lowest BCUT2D eigenvalue weighted by Gasteiger charge is -2.11. The summed E-state index contributed by atoms with van der Waals surface area (Å²) < 4.78 is 26.4. The molecule has 0 saturated carbocycles. The molecule has 0 spiro atoms. The fraction of sp³-hybridized carbons (Fsp3) is 0.400. The van der Waals surface area contributed by atoms with Gasteiger partial charge in [0.1, 0.15) is 4.90 Å². The molecule has 1 aromatic rings. The molecule has 0 radical (unpaired) electrons. The van der Waals surface area contributed by atoms with Gasteiger partial charge in [0, 0.05) is 12.3 Å². The predicted molar refractivity (Wildman–Crippen MR) is 69.2 cm³/mol. The summed E-state index contributed by atoms with van der Waals surface area (Å²) in [6.07, 6.45) is 1.93. The highest BCUT2D eigenvalue weighted by Crippen LogP contribution is 2.21. The normalized spacial score (nSPS) is 11.6. The molecular weight excluding hydrogens is 244 g/mol. The Morgan fingerprint density at radius 2 is 2.12 bits per heavy atom. The molecule has 1 rings (SSSR count). The molecule has 3 N–H and O–H groups in total. The molecule has 0 heterocycles. The number of thioether (sulfide) groups is 1. The predicted octanol–water partition coefficient (Wildman–Crippen LogP) is 1.22. The largest absolute Gasteiger partial charge is 0.398 e. The fourth-order valence-electron chi connectivity index (χ4n) is 1.39. The molecule has 0 bridgehead atoms. The quantitative estimate of drug-likeness (QED) is 0.617. The summed E-state index contributed by atoms with van der Waals surface area (Å²) in [6.45, 7) is 2.15. The van der Waals surface area contributed by atoms with Gasteiger partial charge in [-0.3, -0.25) is 0 Å². The molecule has 0 aliphatic rings. The summed E-state index contributed by atoms with van der Waals surface area (Å²) in [5.41, 5.74) is 6.64. The maximum absolute atomic E-state index is 11.9. The highest BCUT2D eigenvalue weighted by molar-refractivity contribution is 7.98. The van der Waals surface area contributed by atoms with Crippen LogP contribution in [0.15, 0.2) is 23.1 Å². The van der Waals surface area contributed by atoms with E-state index in [1.54, 1.807) is 36.9 Å². The Kier molecular flexibility index (Phi) is 4.64. The van der Waals surface area contributed by atoms with Gasteiger partial charge in [-0.25, -0.2) is 13.1 Å². The van der Waals surface area contributed by atoms with Crippen molar-refractivity contribution >= 4 is 27.5 Å². The number of rotatable bonds is 5. The van der Waals surface area contributed by atoms with Crippen LogP contribution in [0.2, 0.25) is 0 Å². The first-order chi connectivity index (χ1) is 7.49. The van der Waals surface area contributed by atoms with Gasteiger partial charge in [0.05, 0.1) is 5.69 Å². The van der Waals surface area contributed by atoms with Gasteiger partial charge in [-0.15, -0.1) is 0 Å². The molecule has 4 nitrogen and oxygen atoms in total. The van der Waals surface area contributed by atoms with Crippen molar-refractivity contribution in [3.05, 3.63) is 23.8 Å². The van der Waals surface area contributed by atoms with Gasteiger partial charge >= 0.3 is 0 Å². The third kappa shape index (κ3) is 3.13.